The molecule has 2 aromatic rings. The van der Waals surface area contributed by atoms with Crippen LogP contribution in [0.2, 0.25) is 0 Å². The molecule has 0 bridgehead atoms. The molecule has 1 N–H and O–H groups in total. The molecule has 2 aliphatic heterocycles. The zero-order valence-electron chi connectivity index (χ0n) is 16.1. The third kappa shape index (κ3) is 2.53. The van der Waals surface area contributed by atoms with E-state index in [1.165, 1.54) is 4.90 Å². The van der Waals surface area contributed by atoms with E-state index in [4.69, 9.17) is 4.74 Å². The Kier molecular flexibility index (Phi) is 4.07. The highest BCUT2D eigenvalue weighted by Gasteiger charge is 2.38. The van der Waals surface area contributed by atoms with E-state index < -0.39 is 12.1 Å². The predicted octanol–water partition coefficient (Wildman–Crippen LogP) is 2.69. The number of aliphatic imine (C=N–C) groups is 1. The van der Waals surface area contributed by atoms with Crippen molar-refractivity contribution in [1.82, 2.24) is 4.98 Å². The molecule has 28 heavy (non-hydrogen) atoms. The first-order valence-corrected chi connectivity index (χ1v) is 9.16. The van der Waals surface area contributed by atoms with Crippen LogP contribution in [0.3, 0.4) is 0 Å². The van der Waals surface area contributed by atoms with E-state index in [0.29, 0.717) is 39.5 Å². The maximum atomic E-state index is 12.7. The van der Waals surface area contributed by atoms with E-state index in [2.05, 4.69) is 16.0 Å². The number of benzene rings is 1. The molecule has 1 aromatic carbocycles. The number of likely N-dealkylation sites (N-methyl/N-ethyl adjacent to an activating group) is 1. The monoisotopic (exact) mass is 376 g/mol. The average molecular weight is 376 g/mol. The van der Waals surface area contributed by atoms with Crippen molar-refractivity contribution in [1.29, 1.82) is 5.26 Å². The number of carbonyl (C=O) groups is 2. The van der Waals surface area contributed by atoms with Crippen LogP contribution in [0, 0.1) is 17.2 Å². The number of aromatic nitrogens is 1. The number of Topliss-reactive ketones (excluding diaryl/α,β-unsaturated/α-hetero) is 1. The van der Waals surface area contributed by atoms with E-state index >= 15 is 0 Å². The van der Waals surface area contributed by atoms with Crippen LogP contribution in [-0.4, -0.2) is 41.6 Å². The van der Waals surface area contributed by atoms with Gasteiger partial charge in [-0.3, -0.25) is 14.6 Å². The van der Waals surface area contributed by atoms with Crippen molar-refractivity contribution in [2.75, 3.05) is 11.9 Å². The Hall–Kier alpha value is -3.40. The first kappa shape index (κ1) is 18.0. The lowest BCUT2D eigenvalue weighted by Gasteiger charge is -2.35. The summed E-state index contributed by atoms with van der Waals surface area (Å²) in [4.78, 5) is 34.3. The van der Waals surface area contributed by atoms with Gasteiger partial charge in [0.15, 0.2) is 11.9 Å². The molecule has 0 saturated carbocycles. The van der Waals surface area contributed by atoms with Gasteiger partial charge in [0.2, 0.25) is 5.78 Å². The van der Waals surface area contributed by atoms with Crippen molar-refractivity contribution < 1.29 is 14.3 Å². The second-order valence-electron chi connectivity index (χ2n) is 7.45. The lowest BCUT2D eigenvalue weighted by atomic mass is 9.92. The van der Waals surface area contributed by atoms with Crippen LogP contribution in [-0.2, 0) is 4.79 Å². The number of aromatic amines is 1. The van der Waals surface area contributed by atoms with Gasteiger partial charge in [-0.05, 0) is 31.0 Å². The van der Waals surface area contributed by atoms with Crippen molar-refractivity contribution in [3.63, 3.8) is 0 Å². The van der Waals surface area contributed by atoms with Gasteiger partial charge < -0.3 is 14.6 Å². The number of nitriles is 1. The van der Waals surface area contributed by atoms with Gasteiger partial charge >= 0.3 is 0 Å². The van der Waals surface area contributed by atoms with E-state index in [1.54, 1.807) is 38.4 Å². The van der Waals surface area contributed by atoms with Gasteiger partial charge in [0.05, 0.1) is 28.7 Å². The zero-order chi connectivity index (χ0) is 20.2. The summed E-state index contributed by atoms with van der Waals surface area (Å²) in [5.41, 5.74) is 3.28. The Labute approximate surface area is 162 Å². The third-order valence-corrected chi connectivity index (χ3v) is 5.19. The molecule has 0 radical (unpaired) electrons. The molecule has 2 unspecified atom stereocenters. The highest BCUT2D eigenvalue weighted by molar-refractivity contribution is 6.24. The summed E-state index contributed by atoms with van der Waals surface area (Å²) in [7, 11) is 1.68. The van der Waals surface area contributed by atoms with Crippen molar-refractivity contribution in [3.05, 3.63) is 46.8 Å². The largest absolute Gasteiger partial charge is 0.477 e. The summed E-state index contributed by atoms with van der Waals surface area (Å²) in [6, 6.07) is 6.73. The number of amides is 1. The number of rotatable bonds is 2. The van der Waals surface area contributed by atoms with E-state index in [-0.39, 0.29) is 17.6 Å². The topological polar surface area (TPSA) is 98.5 Å². The zero-order valence-corrected chi connectivity index (χ0v) is 16.1. The third-order valence-electron chi connectivity index (χ3n) is 5.19. The molecule has 0 fully saturated rings. The van der Waals surface area contributed by atoms with Crippen LogP contribution >= 0.6 is 0 Å². The summed E-state index contributed by atoms with van der Waals surface area (Å²) >= 11 is 0. The van der Waals surface area contributed by atoms with Gasteiger partial charge in [-0.25, -0.2) is 0 Å². The van der Waals surface area contributed by atoms with Gasteiger partial charge in [-0.15, -0.1) is 0 Å². The fraction of sp³-hybridized carbons (Fsp3) is 0.333. The maximum Gasteiger partial charge on any atom is 0.268 e. The molecule has 1 amide bonds. The van der Waals surface area contributed by atoms with Crippen LogP contribution < -0.4 is 9.64 Å². The Morgan fingerprint density at radius 2 is 2.04 bits per heavy atom. The molecule has 2 atom stereocenters. The van der Waals surface area contributed by atoms with Gasteiger partial charge in [0.1, 0.15) is 6.04 Å². The highest BCUT2D eigenvalue weighted by Crippen LogP contribution is 2.41. The van der Waals surface area contributed by atoms with Crippen LogP contribution in [0.4, 0.5) is 5.69 Å². The number of nitrogens with one attached hydrogen (secondary N) is 1. The van der Waals surface area contributed by atoms with Crippen LogP contribution in [0.1, 0.15) is 48.0 Å². The summed E-state index contributed by atoms with van der Waals surface area (Å²) in [6.07, 6.45) is 1.07. The number of hydrogen-bond donors (Lipinski definition) is 1. The SMILES string of the molecule is CC1N=C(c2cc(C#N)cc3c2OC(C(C)C)C(=O)N3C)c2cc[nH]c2C1=O. The molecular weight excluding hydrogens is 356 g/mol. The van der Waals surface area contributed by atoms with Crippen molar-refractivity contribution >= 4 is 23.1 Å². The van der Waals surface area contributed by atoms with Crippen LogP contribution in [0.25, 0.3) is 0 Å². The molecule has 7 nitrogen and oxygen atoms in total. The quantitative estimate of drug-likeness (QED) is 0.871. The van der Waals surface area contributed by atoms with E-state index in [1.807, 2.05) is 13.8 Å². The van der Waals surface area contributed by atoms with Crippen molar-refractivity contribution in [2.24, 2.45) is 10.9 Å². The molecule has 0 aliphatic carbocycles. The summed E-state index contributed by atoms with van der Waals surface area (Å²) < 4.78 is 6.14. The van der Waals surface area contributed by atoms with Crippen LogP contribution in [0.5, 0.6) is 5.75 Å². The molecule has 2 aliphatic rings. The van der Waals surface area contributed by atoms with Gasteiger partial charge in [-0.1, -0.05) is 13.8 Å². The minimum Gasteiger partial charge on any atom is -0.477 e. The fourth-order valence-electron chi connectivity index (χ4n) is 3.65. The van der Waals surface area contributed by atoms with Crippen molar-refractivity contribution in [2.45, 2.75) is 32.9 Å². The van der Waals surface area contributed by atoms with Crippen LogP contribution in [0.15, 0.2) is 29.4 Å². The maximum absolute atomic E-state index is 12.7. The lowest BCUT2D eigenvalue weighted by Crippen LogP contribution is -2.47. The fourth-order valence-corrected chi connectivity index (χ4v) is 3.65. The summed E-state index contributed by atoms with van der Waals surface area (Å²) in [5, 5.41) is 9.51. The molecular formula is C21H20N4O3. The summed E-state index contributed by atoms with van der Waals surface area (Å²) in [5.74, 6) is 0.248. The molecule has 4 rings (SSSR count). The van der Waals surface area contributed by atoms with Crippen molar-refractivity contribution in [3.8, 4) is 11.8 Å². The second-order valence-corrected chi connectivity index (χ2v) is 7.45. The number of anilines is 1. The number of H-pyrrole nitrogens is 1. The molecule has 142 valence electrons. The standard InChI is InChI=1S/C21H20N4O3/c1-10(2)19-21(27)25(4)15-8-12(9-22)7-14(20(15)28-19)16-13-5-6-23-17(13)18(26)11(3)24-16/h5-8,10-11,19,23H,1-4H3. The first-order chi connectivity index (χ1) is 13.3. The summed E-state index contributed by atoms with van der Waals surface area (Å²) in [6.45, 7) is 5.59. The number of nitrogens with zero attached hydrogens (tertiary/aromatic N) is 3. The molecule has 1 aromatic heterocycles. The molecule has 0 spiro atoms. The first-order valence-electron chi connectivity index (χ1n) is 9.16. The lowest BCUT2D eigenvalue weighted by molar-refractivity contribution is -0.127. The number of carbonyl (C=O) groups excluding carboxylic acids is 2. The minimum absolute atomic E-state index is 0.0248. The number of hydrogen-bond acceptors (Lipinski definition) is 5. The Morgan fingerprint density at radius 3 is 2.71 bits per heavy atom. The van der Waals surface area contributed by atoms with Gasteiger partial charge in [-0.2, -0.15) is 5.26 Å². The van der Waals surface area contributed by atoms with E-state index in [9.17, 15) is 14.9 Å². The number of ether oxygens (including phenoxy) is 1. The molecule has 7 heteroatoms. The number of ketones is 1. The molecule has 0 saturated heterocycles. The Balaban J connectivity index is 1.97. The smallest absolute Gasteiger partial charge is 0.268 e. The normalized spacial score (nSPS) is 21.0. The van der Waals surface area contributed by atoms with Gasteiger partial charge in [0.25, 0.3) is 5.91 Å². The Bertz CT molecular complexity index is 1070. The average Bonchev–Trinajstić information content (AvgIpc) is 3.16. The predicted molar refractivity (Wildman–Crippen MR) is 104 cm³/mol. The second kappa shape index (κ2) is 6.34. The van der Waals surface area contributed by atoms with E-state index in [0.717, 1.165) is 0 Å². The Morgan fingerprint density at radius 1 is 1.29 bits per heavy atom. The number of fused-ring (bicyclic) bond motifs is 2. The van der Waals surface area contributed by atoms with Gasteiger partial charge in [0, 0.05) is 24.4 Å². The minimum atomic E-state index is -0.627. The highest BCUT2D eigenvalue weighted by atomic mass is 16.5. The molecule has 3 heterocycles.